The monoisotopic (exact) mass is 435 g/mol. The number of benzene rings is 1. The molecule has 0 aliphatic carbocycles. The summed E-state index contributed by atoms with van der Waals surface area (Å²) in [7, 11) is 0. The Morgan fingerprint density at radius 1 is 1.29 bits per heavy atom. The van der Waals surface area contributed by atoms with Crippen LogP contribution in [0.4, 0.5) is 24.7 Å². The van der Waals surface area contributed by atoms with Gasteiger partial charge in [-0.1, -0.05) is 0 Å². The molecule has 11 heteroatoms. The number of aromatic nitrogens is 2. The van der Waals surface area contributed by atoms with E-state index >= 15 is 0 Å². The van der Waals surface area contributed by atoms with Gasteiger partial charge in [0, 0.05) is 43.6 Å². The van der Waals surface area contributed by atoms with E-state index in [9.17, 15) is 22.8 Å². The summed E-state index contributed by atoms with van der Waals surface area (Å²) < 4.78 is 43.2. The lowest BCUT2D eigenvalue weighted by Gasteiger charge is -2.40. The number of carbonyl (C=O) groups is 1. The van der Waals surface area contributed by atoms with Crippen molar-refractivity contribution in [3.8, 4) is 0 Å². The molecule has 4 rings (SSSR count). The van der Waals surface area contributed by atoms with Gasteiger partial charge >= 0.3 is 11.9 Å². The molecule has 0 bridgehead atoms. The van der Waals surface area contributed by atoms with Crippen LogP contribution in [0.3, 0.4) is 0 Å². The predicted octanol–water partition coefficient (Wildman–Crippen LogP) is 2.68. The van der Waals surface area contributed by atoms with Crippen molar-refractivity contribution in [3.05, 3.63) is 52.6 Å². The van der Waals surface area contributed by atoms with Crippen molar-refractivity contribution in [2.45, 2.75) is 19.1 Å². The van der Waals surface area contributed by atoms with Gasteiger partial charge in [0.1, 0.15) is 5.82 Å². The number of rotatable bonds is 4. The molecule has 1 aromatic carbocycles. The van der Waals surface area contributed by atoms with E-state index < -0.39 is 17.5 Å². The number of nitrogens with zero attached hydrogens (tertiary/aromatic N) is 3. The minimum absolute atomic E-state index is 0.0609. The topological polar surface area (TPSA) is 94.5 Å². The molecule has 1 aliphatic heterocycles. The second-order valence-corrected chi connectivity index (χ2v) is 7.36. The highest BCUT2D eigenvalue weighted by atomic mass is 19.4. The van der Waals surface area contributed by atoms with Gasteiger partial charge in [0.25, 0.3) is 0 Å². The van der Waals surface area contributed by atoms with Gasteiger partial charge in [-0.15, -0.1) is 0 Å². The maximum atomic E-state index is 12.7. The number of hydrogen-bond donors (Lipinski definition) is 2. The van der Waals surface area contributed by atoms with Gasteiger partial charge in [-0.2, -0.15) is 13.2 Å². The number of pyridine rings is 1. The first-order chi connectivity index (χ1) is 14.7. The van der Waals surface area contributed by atoms with Crippen LogP contribution in [-0.4, -0.2) is 53.0 Å². The number of H-pyrrole nitrogens is 1. The van der Waals surface area contributed by atoms with Gasteiger partial charge < -0.3 is 19.5 Å². The molecule has 1 aliphatic rings. The number of amides is 1. The Balaban J connectivity index is 1.34. The summed E-state index contributed by atoms with van der Waals surface area (Å²) in [6, 6.07) is 7.32. The molecular formula is C20H20F3N5O3. The summed E-state index contributed by atoms with van der Waals surface area (Å²) in [6.45, 7) is 3.28. The highest BCUT2D eigenvalue weighted by Crippen LogP contribution is 2.30. The second kappa shape index (κ2) is 7.97. The first-order valence-electron chi connectivity index (χ1n) is 9.65. The zero-order chi connectivity index (χ0) is 22.2. The molecule has 2 aromatic heterocycles. The van der Waals surface area contributed by atoms with Crippen molar-refractivity contribution < 1.29 is 22.4 Å². The van der Waals surface area contributed by atoms with Crippen molar-refractivity contribution in [2.24, 2.45) is 0 Å². The molecule has 31 heavy (non-hydrogen) atoms. The third-order valence-electron chi connectivity index (χ3n) is 5.21. The summed E-state index contributed by atoms with van der Waals surface area (Å²) in [6.07, 6.45) is -3.60. The Morgan fingerprint density at radius 2 is 2.10 bits per heavy atom. The molecule has 1 fully saturated rings. The van der Waals surface area contributed by atoms with Crippen molar-refractivity contribution in [1.29, 1.82) is 0 Å². The number of halogens is 3. The number of alkyl halides is 3. The number of fused-ring (bicyclic) bond motifs is 1. The fraction of sp³-hybridized carbons (Fsp3) is 0.350. The molecule has 1 amide bonds. The molecule has 0 saturated carbocycles. The number of nitrogens with one attached hydrogen (secondary N) is 2. The van der Waals surface area contributed by atoms with Gasteiger partial charge in [-0.25, -0.2) is 9.78 Å². The summed E-state index contributed by atoms with van der Waals surface area (Å²) in [4.78, 5) is 33.9. The van der Waals surface area contributed by atoms with Crippen molar-refractivity contribution >= 4 is 28.5 Å². The maximum absolute atomic E-state index is 12.7. The fourth-order valence-electron chi connectivity index (χ4n) is 3.59. The molecule has 164 valence electrons. The SMILES string of the molecule is C[C@@H]1CN(C(=O)CNc2ccc3[nH]c(=O)oc3c2)CCN1c1ccc(C(F)(F)F)cn1. The molecule has 8 nitrogen and oxygen atoms in total. The first kappa shape index (κ1) is 20.8. The summed E-state index contributed by atoms with van der Waals surface area (Å²) in [5.41, 5.74) is 0.822. The molecular weight excluding hydrogens is 415 g/mol. The van der Waals surface area contributed by atoms with Gasteiger partial charge in [-0.05, 0) is 31.2 Å². The third kappa shape index (κ3) is 4.49. The van der Waals surface area contributed by atoms with Crippen LogP contribution < -0.4 is 16.0 Å². The Labute approximate surface area is 174 Å². The van der Waals surface area contributed by atoms with E-state index in [-0.39, 0.29) is 18.5 Å². The van der Waals surface area contributed by atoms with Crippen LogP contribution in [0.15, 0.2) is 45.7 Å². The van der Waals surface area contributed by atoms with Crippen LogP contribution >= 0.6 is 0 Å². The fourth-order valence-corrected chi connectivity index (χ4v) is 3.59. The summed E-state index contributed by atoms with van der Waals surface area (Å²) in [5.74, 6) is -0.202. The largest absolute Gasteiger partial charge is 0.417 e. The summed E-state index contributed by atoms with van der Waals surface area (Å²) in [5, 5.41) is 3.02. The van der Waals surface area contributed by atoms with E-state index in [4.69, 9.17) is 4.42 Å². The van der Waals surface area contributed by atoms with Crippen LogP contribution in [-0.2, 0) is 11.0 Å². The summed E-state index contributed by atoms with van der Waals surface area (Å²) >= 11 is 0. The van der Waals surface area contributed by atoms with Crippen molar-refractivity contribution in [2.75, 3.05) is 36.4 Å². The Morgan fingerprint density at radius 3 is 2.77 bits per heavy atom. The molecule has 0 radical (unpaired) electrons. The van der Waals surface area contributed by atoms with Crippen molar-refractivity contribution in [3.63, 3.8) is 0 Å². The highest BCUT2D eigenvalue weighted by Gasteiger charge is 2.32. The third-order valence-corrected chi connectivity index (χ3v) is 5.21. The molecule has 1 saturated heterocycles. The number of hydrogen-bond acceptors (Lipinski definition) is 6. The van der Waals surface area contributed by atoms with Crippen molar-refractivity contribution in [1.82, 2.24) is 14.9 Å². The Hall–Kier alpha value is -3.50. The lowest BCUT2D eigenvalue weighted by molar-refractivity contribution is -0.137. The van der Waals surface area contributed by atoms with Crippen LogP contribution in [0.2, 0.25) is 0 Å². The lowest BCUT2D eigenvalue weighted by atomic mass is 10.1. The molecule has 0 unspecified atom stereocenters. The first-order valence-corrected chi connectivity index (χ1v) is 9.65. The van der Waals surface area contributed by atoms with Gasteiger partial charge in [0.05, 0.1) is 17.6 Å². The maximum Gasteiger partial charge on any atom is 0.417 e. The number of oxazole rings is 1. The minimum Gasteiger partial charge on any atom is -0.408 e. The minimum atomic E-state index is -4.42. The Bertz CT molecular complexity index is 1140. The lowest BCUT2D eigenvalue weighted by Crippen LogP contribution is -2.55. The average molecular weight is 435 g/mol. The normalized spacial score (nSPS) is 17.2. The van der Waals surface area contributed by atoms with E-state index in [1.807, 2.05) is 11.8 Å². The number of aromatic amines is 1. The Kier molecular flexibility index (Phi) is 5.34. The average Bonchev–Trinajstić information content (AvgIpc) is 3.10. The van der Waals surface area contributed by atoms with Gasteiger partial charge in [0.15, 0.2) is 5.58 Å². The molecule has 0 spiro atoms. The predicted molar refractivity (Wildman–Crippen MR) is 108 cm³/mol. The van der Waals surface area contributed by atoms with Crippen LogP contribution in [0.5, 0.6) is 0 Å². The highest BCUT2D eigenvalue weighted by molar-refractivity contribution is 5.83. The number of piperazine rings is 1. The van der Waals surface area contributed by atoms with E-state index in [0.717, 1.165) is 12.3 Å². The van der Waals surface area contributed by atoms with E-state index in [0.29, 0.717) is 42.2 Å². The molecule has 1 atom stereocenters. The van der Waals surface area contributed by atoms with E-state index in [2.05, 4.69) is 15.3 Å². The van der Waals surface area contributed by atoms with Gasteiger partial charge in [-0.3, -0.25) is 9.78 Å². The zero-order valence-electron chi connectivity index (χ0n) is 16.6. The molecule has 3 heterocycles. The van der Waals surface area contributed by atoms with Crippen LogP contribution in [0, 0.1) is 0 Å². The smallest absolute Gasteiger partial charge is 0.408 e. The number of anilines is 2. The molecule has 2 N–H and O–H groups in total. The van der Waals surface area contributed by atoms with Gasteiger partial charge in [0.2, 0.25) is 5.91 Å². The van der Waals surface area contributed by atoms with Crippen LogP contribution in [0.1, 0.15) is 12.5 Å². The zero-order valence-corrected chi connectivity index (χ0v) is 16.6. The second-order valence-electron chi connectivity index (χ2n) is 7.36. The number of carbonyl (C=O) groups excluding carboxylic acids is 1. The molecule has 3 aromatic rings. The quantitative estimate of drug-likeness (QED) is 0.655. The van der Waals surface area contributed by atoms with E-state index in [1.165, 1.54) is 6.07 Å². The van der Waals surface area contributed by atoms with Crippen LogP contribution in [0.25, 0.3) is 11.1 Å². The van der Waals surface area contributed by atoms with E-state index in [1.54, 1.807) is 23.1 Å². The standard InChI is InChI=1S/C20H20F3N5O3/c1-12-11-27(6-7-28(12)17-5-2-13(9-25-17)20(21,22)23)18(29)10-24-14-3-4-15-16(8-14)31-19(30)26-15/h2-5,8-9,12,24H,6-7,10-11H2,1H3,(H,26,30)/t12-/m1/s1.